The predicted molar refractivity (Wildman–Crippen MR) is 206 cm³/mol. The Hall–Kier alpha value is -6.25. The van der Waals surface area contributed by atoms with Crippen LogP contribution in [0.2, 0.25) is 0 Å². The van der Waals surface area contributed by atoms with Crippen molar-refractivity contribution in [1.82, 2.24) is 9.55 Å². The van der Waals surface area contributed by atoms with Crippen molar-refractivity contribution in [2.24, 2.45) is 0 Å². The SMILES string of the molecule is C=C/C=C\C=C(/C)n1c(-c2ccc3c(-c4ccc(-c5ccccc5)cc4)c4ccccc4c(-c4ccccc4)c3c2)nc2ccccc21. The molecule has 8 aromatic rings. The van der Waals surface area contributed by atoms with Crippen LogP contribution in [-0.4, -0.2) is 9.55 Å². The molecule has 0 aliphatic rings. The molecule has 0 unspecified atom stereocenters. The van der Waals surface area contributed by atoms with E-state index in [1.165, 1.54) is 54.9 Å². The smallest absolute Gasteiger partial charge is 0.145 e. The molecule has 2 heteroatoms. The highest BCUT2D eigenvalue weighted by atomic mass is 15.1. The molecule has 0 saturated heterocycles. The van der Waals surface area contributed by atoms with Crippen LogP contribution in [0, 0.1) is 0 Å². The molecule has 7 aromatic carbocycles. The average molecular weight is 615 g/mol. The molecule has 1 aromatic heterocycles. The van der Waals surface area contributed by atoms with Crippen LogP contribution in [0.3, 0.4) is 0 Å². The minimum absolute atomic E-state index is 0.916. The Bertz CT molecular complexity index is 2500. The summed E-state index contributed by atoms with van der Waals surface area (Å²) in [5, 5.41) is 4.89. The zero-order valence-electron chi connectivity index (χ0n) is 26.8. The first-order valence-corrected chi connectivity index (χ1v) is 16.4. The van der Waals surface area contributed by atoms with Gasteiger partial charge in [-0.1, -0.05) is 158 Å². The summed E-state index contributed by atoms with van der Waals surface area (Å²) in [6.07, 6.45) is 7.88. The van der Waals surface area contributed by atoms with E-state index >= 15 is 0 Å². The van der Waals surface area contributed by atoms with Crippen molar-refractivity contribution in [2.75, 3.05) is 0 Å². The summed E-state index contributed by atoms with van der Waals surface area (Å²) in [6.45, 7) is 5.96. The number of aromatic nitrogens is 2. The molecule has 0 amide bonds. The summed E-state index contributed by atoms with van der Waals surface area (Å²) >= 11 is 0. The number of rotatable bonds is 7. The van der Waals surface area contributed by atoms with Gasteiger partial charge < -0.3 is 0 Å². The molecule has 0 aliphatic carbocycles. The molecule has 8 rings (SSSR count). The van der Waals surface area contributed by atoms with Gasteiger partial charge in [0.1, 0.15) is 5.82 Å². The topological polar surface area (TPSA) is 17.8 Å². The molecule has 228 valence electrons. The van der Waals surface area contributed by atoms with Crippen molar-refractivity contribution < 1.29 is 0 Å². The van der Waals surface area contributed by atoms with Crippen LogP contribution in [0.25, 0.3) is 83.0 Å². The number of para-hydroxylation sites is 2. The molecular formula is C46H34N2. The highest BCUT2D eigenvalue weighted by Gasteiger charge is 2.20. The van der Waals surface area contributed by atoms with Crippen LogP contribution in [0.15, 0.2) is 183 Å². The monoisotopic (exact) mass is 614 g/mol. The molecule has 0 radical (unpaired) electrons. The fraction of sp³-hybridized carbons (Fsp3) is 0.0217. The average Bonchev–Trinajstić information content (AvgIpc) is 3.54. The number of hydrogen-bond acceptors (Lipinski definition) is 1. The molecular weight excluding hydrogens is 581 g/mol. The van der Waals surface area contributed by atoms with E-state index in [4.69, 9.17) is 4.98 Å². The van der Waals surface area contributed by atoms with Crippen LogP contribution in [0.1, 0.15) is 6.92 Å². The zero-order valence-corrected chi connectivity index (χ0v) is 26.8. The van der Waals surface area contributed by atoms with Gasteiger partial charge in [-0.3, -0.25) is 4.57 Å². The van der Waals surface area contributed by atoms with Gasteiger partial charge in [-0.05, 0) is 86.1 Å². The number of fused-ring (bicyclic) bond motifs is 3. The Balaban J connectivity index is 1.42. The first-order valence-electron chi connectivity index (χ1n) is 16.4. The standard InChI is InChI=1S/C46H34N2/c1-3-4-7-16-32(2)48-43-24-15-14-23-42(43)47-46(48)37-29-30-40-41(31-37)45(35-19-10-6-11-20-35)39-22-13-12-21-38(39)44(40)36-27-25-34(26-28-36)33-17-8-5-9-18-33/h3-31H,1H2,2H3/b7-4-,32-16+. The highest BCUT2D eigenvalue weighted by molar-refractivity contribution is 6.22. The fourth-order valence-corrected chi connectivity index (χ4v) is 6.93. The van der Waals surface area contributed by atoms with Crippen molar-refractivity contribution in [3.05, 3.63) is 183 Å². The molecule has 0 saturated carbocycles. The minimum Gasteiger partial charge on any atom is -0.296 e. The number of benzene rings is 7. The maximum atomic E-state index is 5.20. The molecule has 0 spiro atoms. The molecule has 0 fully saturated rings. The van der Waals surface area contributed by atoms with Crippen LogP contribution in [0.5, 0.6) is 0 Å². The quantitative estimate of drug-likeness (QED) is 0.129. The number of allylic oxidation sites excluding steroid dienone is 5. The summed E-state index contributed by atoms with van der Waals surface area (Å²) in [4.78, 5) is 5.20. The third kappa shape index (κ3) is 5.14. The van der Waals surface area contributed by atoms with Gasteiger partial charge in [-0.15, -0.1) is 0 Å². The second kappa shape index (κ2) is 12.5. The maximum absolute atomic E-state index is 5.20. The predicted octanol–water partition coefficient (Wildman–Crippen LogP) is 12.6. The van der Waals surface area contributed by atoms with Gasteiger partial charge >= 0.3 is 0 Å². The minimum atomic E-state index is 0.916. The Labute approximate surface area is 281 Å². The lowest BCUT2D eigenvalue weighted by atomic mass is 9.85. The van der Waals surface area contributed by atoms with Crippen molar-refractivity contribution >= 4 is 38.3 Å². The molecule has 0 aliphatic heterocycles. The fourth-order valence-electron chi connectivity index (χ4n) is 6.93. The van der Waals surface area contributed by atoms with E-state index in [1.807, 2.05) is 12.2 Å². The number of hydrogen-bond donors (Lipinski definition) is 0. The molecule has 48 heavy (non-hydrogen) atoms. The van der Waals surface area contributed by atoms with Crippen LogP contribution in [-0.2, 0) is 0 Å². The van der Waals surface area contributed by atoms with E-state index in [1.54, 1.807) is 6.08 Å². The molecule has 1 heterocycles. The van der Waals surface area contributed by atoms with Gasteiger partial charge in [0.25, 0.3) is 0 Å². The van der Waals surface area contributed by atoms with E-state index in [0.29, 0.717) is 0 Å². The van der Waals surface area contributed by atoms with Crippen LogP contribution < -0.4 is 0 Å². The highest BCUT2D eigenvalue weighted by Crippen LogP contribution is 2.45. The van der Waals surface area contributed by atoms with Gasteiger partial charge in [0.2, 0.25) is 0 Å². The first-order chi connectivity index (χ1) is 23.7. The Morgan fingerprint density at radius 3 is 1.75 bits per heavy atom. The van der Waals surface area contributed by atoms with Crippen molar-refractivity contribution in [3.8, 4) is 44.8 Å². The van der Waals surface area contributed by atoms with Gasteiger partial charge in [0.15, 0.2) is 0 Å². The largest absolute Gasteiger partial charge is 0.296 e. The molecule has 0 N–H and O–H groups in total. The maximum Gasteiger partial charge on any atom is 0.145 e. The van der Waals surface area contributed by atoms with Gasteiger partial charge in [-0.25, -0.2) is 4.98 Å². The zero-order chi connectivity index (χ0) is 32.5. The van der Waals surface area contributed by atoms with E-state index in [0.717, 1.165) is 28.1 Å². The Morgan fingerprint density at radius 1 is 0.521 bits per heavy atom. The van der Waals surface area contributed by atoms with Crippen molar-refractivity contribution in [1.29, 1.82) is 0 Å². The van der Waals surface area contributed by atoms with Crippen LogP contribution >= 0.6 is 0 Å². The Morgan fingerprint density at radius 2 is 1.04 bits per heavy atom. The van der Waals surface area contributed by atoms with E-state index in [2.05, 4.69) is 176 Å². The summed E-state index contributed by atoms with van der Waals surface area (Å²) in [7, 11) is 0. The third-order valence-corrected chi connectivity index (χ3v) is 9.12. The lowest BCUT2D eigenvalue weighted by Gasteiger charge is -2.19. The lowest BCUT2D eigenvalue weighted by Crippen LogP contribution is -1.98. The summed E-state index contributed by atoms with van der Waals surface area (Å²) in [6, 6.07) is 54.4. The second-order valence-corrected chi connectivity index (χ2v) is 12.1. The first kappa shape index (κ1) is 29.2. The van der Waals surface area contributed by atoms with E-state index < -0.39 is 0 Å². The second-order valence-electron chi connectivity index (χ2n) is 12.1. The summed E-state index contributed by atoms with van der Waals surface area (Å²) < 4.78 is 2.26. The lowest BCUT2D eigenvalue weighted by molar-refractivity contribution is 1.12. The van der Waals surface area contributed by atoms with Crippen LogP contribution in [0.4, 0.5) is 0 Å². The summed E-state index contributed by atoms with van der Waals surface area (Å²) in [5.41, 5.74) is 11.5. The third-order valence-electron chi connectivity index (χ3n) is 9.12. The molecule has 0 bridgehead atoms. The number of imidazole rings is 1. The van der Waals surface area contributed by atoms with Gasteiger partial charge in [-0.2, -0.15) is 0 Å². The van der Waals surface area contributed by atoms with E-state index in [-0.39, 0.29) is 0 Å². The van der Waals surface area contributed by atoms with E-state index in [9.17, 15) is 0 Å². The van der Waals surface area contributed by atoms with Gasteiger partial charge in [0, 0.05) is 11.3 Å². The number of nitrogens with zero attached hydrogens (tertiary/aromatic N) is 2. The molecule has 2 nitrogen and oxygen atoms in total. The summed E-state index contributed by atoms with van der Waals surface area (Å²) in [5.74, 6) is 0.916. The van der Waals surface area contributed by atoms with Crippen molar-refractivity contribution in [2.45, 2.75) is 6.92 Å². The Kier molecular flexibility index (Phi) is 7.60. The van der Waals surface area contributed by atoms with Crippen molar-refractivity contribution in [3.63, 3.8) is 0 Å². The van der Waals surface area contributed by atoms with Gasteiger partial charge in [0.05, 0.1) is 11.0 Å². The normalized spacial score (nSPS) is 12.0. The molecule has 0 atom stereocenters.